The van der Waals surface area contributed by atoms with Crippen LogP contribution >= 0.6 is 11.6 Å². The van der Waals surface area contributed by atoms with Gasteiger partial charge in [-0.2, -0.15) is 5.10 Å². The van der Waals surface area contributed by atoms with Crippen LogP contribution in [0.4, 0.5) is 0 Å². The van der Waals surface area contributed by atoms with Gasteiger partial charge in [0.05, 0.1) is 6.20 Å². The SMILES string of the molecule is NC(C(=O)O)c1nc2nnccn2c1Cl. The van der Waals surface area contributed by atoms with Crippen LogP contribution in [0.1, 0.15) is 11.7 Å². The molecule has 2 rings (SSSR count). The fourth-order valence-electron chi connectivity index (χ4n) is 1.12. The van der Waals surface area contributed by atoms with Gasteiger partial charge in [-0.15, -0.1) is 5.10 Å². The summed E-state index contributed by atoms with van der Waals surface area (Å²) in [6.45, 7) is 0. The number of halogens is 1. The van der Waals surface area contributed by atoms with Crippen LogP contribution in [0.25, 0.3) is 5.78 Å². The van der Waals surface area contributed by atoms with E-state index in [1.54, 1.807) is 0 Å². The van der Waals surface area contributed by atoms with E-state index in [2.05, 4.69) is 15.2 Å². The van der Waals surface area contributed by atoms with E-state index in [9.17, 15) is 4.79 Å². The normalized spacial score (nSPS) is 12.9. The molecule has 2 aromatic rings. The van der Waals surface area contributed by atoms with Crippen molar-refractivity contribution in [2.24, 2.45) is 5.73 Å². The second-order valence-corrected chi connectivity index (χ2v) is 3.15. The van der Waals surface area contributed by atoms with Crippen LogP contribution in [0.3, 0.4) is 0 Å². The fourth-order valence-corrected chi connectivity index (χ4v) is 1.41. The Bertz CT molecular complexity index is 525. The predicted octanol–water partition coefficient (Wildman–Crippen LogP) is -0.138. The number of fused-ring (bicyclic) bond motifs is 1. The molecule has 0 saturated heterocycles. The number of rotatable bonds is 2. The third kappa shape index (κ3) is 1.51. The maximum Gasteiger partial charge on any atom is 0.326 e. The van der Waals surface area contributed by atoms with Crippen LogP contribution in [0.15, 0.2) is 12.4 Å². The first kappa shape index (κ1) is 9.81. The van der Waals surface area contributed by atoms with Crippen LogP contribution in [0.5, 0.6) is 0 Å². The van der Waals surface area contributed by atoms with E-state index in [-0.39, 0.29) is 16.6 Å². The van der Waals surface area contributed by atoms with Gasteiger partial charge in [0, 0.05) is 6.20 Å². The smallest absolute Gasteiger partial charge is 0.326 e. The highest BCUT2D eigenvalue weighted by Gasteiger charge is 2.22. The van der Waals surface area contributed by atoms with Crippen molar-refractivity contribution in [3.8, 4) is 0 Å². The number of aromatic nitrogens is 4. The van der Waals surface area contributed by atoms with Gasteiger partial charge < -0.3 is 10.8 Å². The highest BCUT2D eigenvalue weighted by Crippen LogP contribution is 2.21. The van der Waals surface area contributed by atoms with Crippen LogP contribution < -0.4 is 5.73 Å². The lowest BCUT2D eigenvalue weighted by Crippen LogP contribution is -2.21. The van der Waals surface area contributed by atoms with Crippen LogP contribution in [-0.4, -0.2) is 30.7 Å². The second-order valence-electron chi connectivity index (χ2n) is 2.79. The molecule has 7 nitrogen and oxygen atoms in total. The Kier molecular flexibility index (Phi) is 2.25. The Hall–Kier alpha value is -1.73. The zero-order valence-electron chi connectivity index (χ0n) is 7.33. The Morgan fingerprint density at radius 1 is 1.67 bits per heavy atom. The summed E-state index contributed by atoms with van der Waals surface area (Å²) in [7, 11) is 0. The molecule has 1 atom stereocenters. The molecule has 0 saturated carbocycles. The molecule has 0 aliphatic rings. The van der Waals surface area contributed by atoms with Crippen LogP contribution in [0, 0.1) is 0 Å². The number of carboxylic acids is 1. The summed E-state index contributed by atoms with van der Waals surface area (Å²) in [5.41, 5.74) is 5.47. The van der Waals surface area contributed by atoms with Gasteiger partial charge in [-0.05, 0) is 0 Å². The van der Waals surface area contributed by atoms with Crippen molar-refractivity contribution in [3.63, 3.8) is 0 Å². The van der Waals surface area contributed by atoms with Gasteiger partial charge in [-0.1, -0.05) is 11.6 Å². The molecule has 0 bridgehead atoms. The van der Waals surface area contributed by atoms with Crippen LogP contribution in [-0.2, 0) is 4.79 Å². The molecule has 0 radical (unpaired) electrons. The maximum absolute atomic E-state index is 10.7. The summed E-state index contributed by atoms with van der Waals surface area (Å²) in [4.78, 5) is 14.5. The van der Waals surface area contributed by atoms with Gasteiger partial charge in [0.1, 0.15) is 16.9 Å². The minimum atomic E-state index is -1.26. The first-order valence-electron chi connectivity index (χ1n) is 3.95. The molecule has 3 N–H and O–H groups in total. The third-order valence-corrected chi connectivity index (χ3v) is 2.22. The molecular weight excluding hydrogens is 222 g/mol. The van der Waals surface area contributed by atoms with E-state index in [1.807, 2.05) is 0 Å². The molecule has 15 heavy (non-hydrogen) atoms. The lowest BCUT2D eigenvalue weighted by molar-refractivity contribution is -0.138. The van der Waals surface area contributed by atoms with Gasteiger partial charge >= 0.3 is 5.97 Å². The summed E-state index contributed by atoms with van der Waals surface area (Å²) in [5.74, 6) is -0.984. The van der Waals surface area contributed by atoms with E-state index in [4.69, 9.17) is 22.4 Å². The largest absolute Gasteiger partial charge is 0.480 e. The molecule has 0 spiro atoms. The van der Waals surface area contributed by atoms with E-state index in [0.717, 1.165) is 0 Å². The average Bonchev–Trinajstić information content (AvgIpc) is 2.56. The second kappa shape index (κ2) is 3.44. The molecule has 0 amide bonds. The molecule has 0 aliphatic heterocycles. The minimum absolute atomic E-state index is 0.0738. The summed E-state index contributed by atoms with van der Waals surface area (Å²) in [5, 5.41) is 16.1. The van der Waals surface area contributed by atoms with Crippen molar-refractivity contribution in [1.29, 1.82) is 0 Å². The Morgan fingerprint density at radius 2 is 2.40 bits per heavy atom. The first-order chi connectivity index (χ1) is 7.11. The van der Waals surface area contributed by atoms with Crippen molar-refractivity contribution < 1.29 is 9.90 Å². The summed E-state index contributed by atoms with van der Waals surface area (Å²) < 4.78 is 1.41. The summed E-state index contributed by atoms with van der Waals surface area (Å²) in [6.07, 6.45) is 2.94. The standard InChI is InChI=1S/C7H6ClN5O2/c8-5-4(3(9)6(14)15)11-7-12-10-1-2-13(5)7/h1-3H,9H2,(H,14,15). The monoisotopic (exact) mass is 227 g/mol. The Balaban J connectivity index is 2.63. The highest BCUT2D eigenvalue weighted by molar-refractivity contribution is 6.30. The number of carboxylic acid groups (broad SMARTS) is 1. The van der Waals surface area contributed by atoms with Crippen molar-refractivity contribution >= 4 is 23.3 Å². The lowest BCUT2D eigenvalue weighted by atomic mass is 10.2. The molecular formula is C7H6ClN5O2. The van der Waals surface area contributed by atoms with Gasteiger partial charge in [-0.3, -0.25) is 9.20 Å². The molecule has 1 unspecified atom stereocenters. The van der Waals surface area contributed by atoms with Crippen molar-refractivity contribution in [1.82, 2.24) is 19.6 Å². The zero-order valence-corrected chi connectivity index (χ0v) is 8.09. The Labute approximate surface area is 88.5 Å². The van der Waals surface area contributed by atoms with E-state index in [0.29, 0.717) is 0 Å². The van der Waals surface area contributed by atoms with E-state index < -0.39 is 12.0 Å². The number of carbonyl (C=O) groups is 1. The molecule has 2 aromatic heterocycles. The zero-order chi connectivity index (χ0) is 11.0. The molecule has 0 fully saturated rings. The van der Waals surface area contributed by atoms with E-state index >= 15 is 0 Å². The van der Waals surface area contributed by atoms with Crippen molar-refractivity contribution in [2.45, 2.75) is 6.04 Å². The van der Waals surface area contributed by atoms with Gasteiger partial charge in [0.15, 0.2) is 0 Å². The number of hydrogen-bond acceptors (Lipinski definition) is 5. The van der Waals surface area contributed by atoms with E-state index in [1.165, 1.54) is 16.8 Å². The van der Waals surface area contributed by atoms with Crippen LogP contribution in [0.2, 0.25) is 5.15 Å². The average molecular weight is 228 g/mol. The minimum Gasteiger partial charge on any atom is -0.480 e. The van der Waals surface area contributed by atoms with Gasteiger partial charge in [0.25, 0.3) is 5.78 Å². The predicted molar refractivity (Wildman–Crippen MR) is 50.4 cm³/mol. The quantitative estimate of drug-likeness (QED) is 0.740. The molecule has 78 valence electrons. The van der Waals surface area contributed by atoms with Crippen molar-refractivity contribution in [2.75, 3.05) is 0 Å². The fraction of sp³-hybridized carbons (Fsp3) is 0.143. The van der Waals surface area contributed by atoms with Gasteiger partial charge in [-0.25, -0.2) is 4.98 Å². The number of imidazole rings is 1. The number of aliphatic carboxylic acids is 1. The number of nitrogens with zero attached hydrogens (tertiary/aromatic N) is 4. The maximum atomic E-state index is 10.7. The van der Waals surface area contributed by atoms with Crippen molar-refractivity contribution in [3.05, 3.63) is 23.2 Å². The van der Waals surface area contributed by atoms with Gasteiger partial charge in [0.2, 0.25) is 0 Å². The number of hydrogen-bond donors (Lipinski definition) is 2. The lowest BCUT2D eigenvalue weighted by Gasteiger charge is -2.01. The number of nitrogens with two attached hydrogens (primary N) is 1. The molecule has 2 heterocycles. The molecule has 0 aromatic carbocycles. The molecule has 0 aliphatic carbocycles. The molecule has 8 heteroatoms. The topological polar surface area (TPSA) is 106 Å². The summed E-state index contributed by atoms with van der Waals surface area (Å²) in [6, 6.07) is -1.26. The summed E-state index contributed by atoms with van der Waals surface area (Å²) >= 11 is 5.89. The first-order valence-corrected chi connectivity index (χ1v) is 4.32. The Morgan fingerprint density at radius 3 is 3.00 bits per heavy atom. The third-order valence-electron chi connectivity index (χ3n) is 1.85. The highest BCUT2D eigenvalue weighted by atomic mass is 35.5.